The zero-order chi connectivity index (χ0) is 47.2. The zero-order valence-electron chi connectivity index (χ0n) is 41.7. The lowest BCUT2D eigenvalue weighted by Gasteiger charge is -2.18. The van der Waals surface area contributed by atoms with E-state index in [-0.39, 0.29) is 31.6 Å². The number of carbonyl (C=O) groups is 3. The highest BCUT2D eigenvalue weighted by atomic mass is 16.6. The van der Waals surface area contributed by atoms with Crippen LogP contribution in [0.5, 0.6) is 0 Å². The lowest BCUT2D eigenvalue weighted by atomic mass is 10.1. The Labute approximate surface area is 399 Å². The summed E-state index contributed by atoms with van der Waals surface area (Å²) in [5, 5.41) is 0. The van der Waals surface area contributed by atoms with Crippen LogP contribution in [-0.4, -0.2) is 37.2 Å². The van der Waals surface area contributed by atoms with Gasteiger partial charge in [-0.2, -0.15) is 0 Å². The Morgan fingerprint density at radius 3 is 1.18 bits per heavy atom. The molecule has 0 spiro atoms. The molecule has 0 N–H and O–H groups in total. The van der Waals surface area contributed by atoms with Gasteiger partial charge in [-0.1, -0.05) is 213 Å². The predicted octanol–water partition coefficient (Wildman–Crippen LogP) is 17.3. The first-order chi connectivity index (χ1) is 32.0. The van der Waals surface area contributed by atoms with Gasteiger partial charge in [-0.15, -0.1) is 0 Å². The molecule has 0 aliphatic rings. The maximum Gasteiger partial charge on any atom is 0.309 e. The molecule has 0 rings (SSSR count). The molecular formula is C59H94O6. The zero-order valence-corrected chi connectivity index (χ0v) is 41.7. The van der Waals surface area contributed by atoms with E-state index < -0.39 is 12.1 Å². The van der Waals surface area contributed by atoms with Crippen LogP contribution in [-0.2, 0) is 28.6 Å². The molecule has 0 bridgehead atoms. The monoisotopic (exact) mass is 899 g/mol. The number of ether oxygens (including phenoxy) is 3. The highest BCUT2D eigenvalue weighted by Gasteiger charge is 2.19. The van der Waals surface area contributed by atoms with Crippen LogP contribution in [0.4, 0.5) is 0 Å². The van der Waals surface area contributed by atoms with Gasteiger partial charge in [-0.05, 0) is 103 Å². The summed E-state index contributed by atoms with van der Waals surface area (Å²) in [6.45, 7) is 6.23. The molecule has 0 aromatic carbocycles. The number of esters is 3. The van der Waals surface area contributed by atoms with E-state index in [2.05, 4.69) is 130 Å². The van der Waals surface area contributed by atoms with E-state index >= 15 is 0 Å². The summed E-state index contributed by atoms with van der Waals surface area (Å²) >= 11 is 0. The number of hydrogen-bond donors (Lipinski definition) is 0. The van der Waals surface area contributed by atoms with Crippen LogP contribution in [0.3, 0.4) is 0 Å². The van der Waals surface area contributed by atoms with Crippen molar-refractivity contribution in [1.82, 2.24) is 0 Å². The molecule has 0 saturated heterocycles. The third kappa shape index (κ3) is 50.7. The van der Waals surface area contributed by atoms with E-state index in [4.69, 9.17) is 14.2 Å². The molecule has 0 aromatic rings. The van der Waals surface area contributed by atoms with Crippen molar-refractivity contribution < 1.29 is 28.6 Å². The van der Waals surface area contributed by atoms with Crippen molar-refractivity contribution in [3.05, 3.63) is 122 Å². The van der Waals surface area contributed by atoms with Crippen molar-refractivity contribution in [2.24, 2.45) is 0 Å². The number of rotatable bonds is 45. The molecule has 6 nitrogen and oxygen atoms in total. The molecule has 0 radical (unpaired) electrons. The maximum absolute atomic E-state index is 12.8. The van der Waals surface area contributed by atoms with Crippen LogP contribution in [0.15, 0.2) is 122 Å². The Balaban J connectivity index is 4.44. The van der Waals surface area contributed by atoms with Gasteiger partial charge in [0.25, 0.3) is 0 Å². The van der Waals surface area contributed by atoms with Gasteiger partial charge in [0, 0.05) is 12.8 Å². The molecule has 0 aliphatic heterocycles. The Bertz CT molecular complexity index is 1400. The second-order valence-electron chi connectivity index (χ2n) is 16.7. The normalized spacial score (nSPS) is 13.1. The number of unbranched alkanes of at least 4 members (excludes halogenated alkanes) is 16. The largest absolute Gasteiger partial charge is 0.462 e. The number of carbonyl (C=O) groups excluding carboxylic acids is 3. The van der Waals surface area contributed by atoms with Crippen LogP contribution in [0.2, 0.25) is 0 Å². The fourth-order valence-electron chi connectivity index (χ4n) is 6.64. The molecule has 366 valence electrons. The summed E-state index contributed by atoms with van der Waals surface area (Å²) in [7, 11) is 0. The molecule has 6 heteroatoms. The predicted molar refractivity (Wildman–Crippen MR) is 279 cm³/mol. The summed E-state index contributed by atoms with van der Waals surface area (Å²) in [4.78, 5) is 37.9. The Morgan fingerprint density at radius 1 is 0.354 bits per heavy atom. The third-order valence-electron chi connectivity index (χ3n) is 10.5. The van der Waals surface area contributed by atoms with E-state index in [1.54, 1.807) is 6.08 Å². The highest BCUT2D eigenvalue weighted by molar-refractivity contribution is 5.72. The van der Waals surface area contributed by atoms with Gasteiger partial charge in [0.15, 0.2) is 6.10 Å². The lowest BCUT2D eigenvalue weighted by molar-refractivity contribution is -0.166. The molecule has 0 aromatic heterocycles. The molecule has 0 aliphatic carbocycles. The standard InChI is InChI=1S/C59H94O6/c1-4-7-10-13-16-19-21-23-25-27-29-31-33-35-37-40-43-46-49-52-58(61)64-55-56(54-63-57(60)51-48-45-42-39-18-15-12-9-6-3)65-59(62)53-50-47-44-41-38-36-34-32-30-28-26-24-22-20-17-14-11-8-5-2/h7,9-10,12,16-20,22-25,29,31,35,37,39,45,48,56H,4-6,8,11,13-15,21,26-28,30,32-34,36,38,40-44,46-47,49-55H2,1-3H3/b10-7-,12-9-,19-16-,20-17-,24-22-,25-23-,31-29-,37-35-,39-18-,48-45-. The average molecular weight is 899 g/mol. The molecule has 1 atom stereocenters. The third-order valence-corrected chi connectivity index (χ3v) is 10.5. The second kappa shape index (κ2) is 52.4. The van der Waals surface area contributed by atoms with E-state index in [0.717, 1.165) is 96.3 Å². The molecule has 1 unspecified atom stereocenters. The second-order valence-corrected chi connectivity index (χ2v) is 16.7. The minimum Gasteiger partial charge on any atom is -0.462 e. The summed E-state index contributed by atoms with van der Waals surface area (Å²) in [6, 6.07) is 0. The summed E-state index contributed by atoms with van der Waals surface area (Å²) in [6.07, 6.45) is 72.2. The Morgan fingerprint density at radius 2 is 0.708 bits per heavy atom. The molecule has 0 fully saturated rings. The lowest BCUT2D eigenvalue weighted by Crippen LogP contribution is -2.30. The minimum atomic E-state index is -0.831. The van der Waals surface area contributed by atoms with E-state index in [1.165, 1.54) is 77.0 Å². The average Bonchev–Trinajstić information content (AvgIpc) is 3.30. The van der Waals surface area contributed by atoms with E-state index in [1.807, 2.05) is 6.08 Å². The SMILES string of the molecule is CC/C=C\C/C=C\C/C=C\C/C=C\C/C=C\CCCCCC(=O)OCC(COC(=O)C/C=C\C/C=C\C/C=C\CC)OC(=O)CCCCCCCCCCCC/C=C\C=C/CCCCC. The fourth-order valence-corrected chi connectivity index (χ4v) is 6.64. The first-order valence-corrected chi connectivity index (χ1v) is 26.1. The van der Waals surface area contributed by atoms with Gasteiger partial charge in [0.1, 0.15) is 13.2 Å². The van der Waals surface area contributed by atoms with Gasteiger partial charge < -0.3 is 14.2 Å². The van der Waals surface area contributed by atoms with E-state index in [9.17, 15) is 14.4 Å². The van der Waals surface area contributed by atoms with Crippen molar-refractivity contribution >= 4 is 17.9 Å². The number of allylic oxidation sites excluding steroid dienone is 19. The van der Waals surface area contributed by atoms with Crippen molar-refractivity contribution in [1.29, 1.82) is 0 Å². The van der Waals surface area contributed by atoms with Gasteiger partial charge in [0.2, 0.25) is 0 Å². The van der Waals surface area contributed by atoms with Crippen LogP contribution in [0.1, 0.15) is 213 Å². The first-order valence-electron chi connectivity index (χ1n) is 26.1. The van der Waals surface area contributed by atoms with Crippen molar-refractivity contribution in [2.75, 3.05) is 13.2 Å². The maximum atomic E-state index is 12.8. The van der Waals surface area contributed by atoms with Gasteiger partial charge in [0.05, 0.1) is 6.42 Å². The number of hydrogen-bond acceptors (Lipinski definition) is 6. The van der Waals surface area contributed by atoms with E-state index in [0.29, 0.717) is 12.8 Å². The Kier molecular flexibility index (Phi) is 49.1. The van der Waals surface area contributed by atoms with Crippen LogP contribution in [0.25, 0.3) is 0 Å². The molecule has 0 heterocycles. The summed E-state index contributed by atoms with van der Waals surface area (Å²) in [5.41, 5.74) is 0. The summed E-state index contributed by atoms with van der Waals surface area (Å²) in [5.74, 6) is -1.10. The summed E-state index contributed by atoms with van der Waals surface area (Å²) < 4.78 is 16.6. The molecule has 65 heavy (non-hydrogen) atoms. The smallest absolute Gasteiger partial charge is 0.309 e. The van der Waals surface area contributed by atoms with Crippen molar-refractivity contribution in [2.45, 2.75) is 219 Å². The van der Waals surface area contributed by atoms with Gasteiger partial charge in [-0.25, -0.2) is 0 Å². The quantitative estimate of drug-likeness (QED) is 0.0199. The first kappa shape index (κ1) is 60.8. The molecule has 0 amide bonds. The fraction of sp³-hybridized carbons (Fsp3) is 0.610. The van der Waals surface area contributed by atoms with Crippen LogP contribution >= 0.6 is 0 Å². The van der Waals surface area contributed by atoms with Crippen molar-refractivity contribution in [3.8, 4) is 0 Å². The molecular weight excluding hydrogens is 805 g/mol. The Hall–Kier alpha value is -4.19. The highest BCUT2D eigenvalue weighted by Crippen LogP contribution is 2.14. The topological polar surface area (TPSA) is 78.9 Å². The van der Waals surface area contributed by atoms with Crippen molar-refractivity contribution in [3.63, 3.8) is 0 Å². The van der Waals surface area contributed by atoms with Gasteiger partial charge >= 0.3 is 17.9 Å². The minimum absolute atomic E-state index is 0.124. The van der Waals surface area contributed by atoms with Gasteiger partial charge in [-0.3, -0.25) is 14.4 Å². The van der Waals surface area contributed by atoms with Crippen LogP contribution in [0, 0.1) is 0 Å². The molecule has 0 saturated carbocycles. The van der Waals surface area contributed by atoms with Crippen LogP contribution < -0.4 is 0 Å².